The Morgan fingerprint density at radius 1 is 1.16 bits per heavy atom. The number of aromatic nitrogens is 2. The van der Waals surface area contributed by atoms with E-state index in [4.69, 9.17) is 4.74 Å². The first-order chi connectivity index (χ1) is 9.04. The SMILES string of the molecule is CNCc1ccc(OCCN(C(C)C)C(C)C)nn1. The van der Waals surface area contributed by atoms with E-state index in [2.05, 4.69) is 48.1 Å². The molecule has 19 heavy (non-hydrogen) atoms. The van der Waals surface area contributed by atoms with E-state index in [1.807, 2.05) is 19.2 Å². The molecule has 0 unspecified atom stereocenters. The standard InChI is InChI=1S/C14H26N4O/c1-11(2)18(12(3)4)8-9-19-14-7-6-13(10-15-5)16-17-14/h6-7,11-12,15H,8-10H2,1-5H3. The third-order valence-electron chi connectivity index (χ3n) is 2.98. The van der Waals surface area contributed by atoms with Gasteiger partial charge in [0.1, 0.15) is 6.61 Å². The fourth-order valence-electron chi connectivity index (χ4n) is 2.07. The molecule has 0 saturated heterocycles. The molecule has 0 spiro atoms. The normalized spacial score (nSPS) is 11.6. The predicted molar refractivity (Wildman–Crippen MR) is 77.3 cm³/mol. The van der Waals surface area contributed by atoms with E-state index in [1.54, 1.807) is 0 Å². The molecule has 0 saturated carbocycles. The van der Waals surface area contributed by atoms with E-state index in [1.165, 1.54) is 0 Å². The monoisotopic (exact) mass is 266 g/mol. The van der Waals surface area contributed by atoms with Crippen molar-refractivity contribution in [2.75, 3.05) is 20.2 Å². The maximum atomic E-state index is 5.63. The molecule has 0 fully saturated rings. The summed E-state index contributed by atoms with van der Waals surface area (Å²) in [7, 11) is 1.89. The fraction of sp³-hybridized carbons (Fsp3) is 0.714. The highest BCUT2D eigenvalue weighted by molar-refractivity contribution is 5.11. The van der Waals surface area contributed by atoms with E-state index in [0.717, 1.165) is 18.8 Å². The summed E-state index contributed by atoms with van der Waals surface area (Å²) in [5.74, 6) is 0.590. The van der Waals surface area contributed by atoms with Gasteiger partial charge in [0.25, 0.3) is 0 Å². The first-order valence-corrected chi connectivity index (χ1v) is 6.90. The average molecular weight is 266 g/mol. The number of nitrogens with one attached hydrogen (secondary N) is 1. The smallest absolute Gasteiger partial charge is 0.233 e. The highest BCUT2D eigenvalue weighted by Gasteiger charge is 2.12. The molecular weight excluding hydrogens is 240 g/mol. The lowest BCUT2D eigenvalue weighted by Gasteiger charge is -2.30. The number of rotatable bonds is 8. The Labute approximate surface area is 116 Å². The van der Waals surface area contributed by atoms with Gasteiger partial charge in [0.15, 0.2) is 0 Å². The van der Waals surface area contributed by atoms with Gasteiger partial charge in [-0.05, 0) is 40.8 Å². The van der Waals surface area contributed by atoms with Crippen LogP contribution in [0.25, 0.3) is 0 Å². The Kier molecular flexibility index (Phi) is 6.73. The van der Waals surface area contributed by atoms with Crippen LogP contribution in [0.1, 0.15) is 33.4 Å². The van der Waals surface area contributed by atoms with E-state index in [-0.39, 0.29) is 0 Å². The molecule has 0 atom stereocenters. The Morgan fingerprint density at radius 2 is 1.84 bits per heavy atom. The van der Waals surface area contributed by atoms with Crippen molar-refractivity contribution in [3.63, 3.8) is 0 Å². The summed E-state index contributed by atoms with van der Waals surface area (Å²) in [6.45, 7) is 11.1. The molecule has 1 heterocycles. The van der Waals surface area contributed by atoms with Crippen LogP contribution in [-0.4, -0.2) is 47.4 Å². The van der Waals surface area contributed by atoms with Crippen molar-refractivity contribution in [3.8, 4) is 5.88 Å². The molecule has 1 rings (SSSR count). The zero-order valence-electron chi connectivity index (χ0n) is 12.7. The van der Waals surface area contributed by atoms with Gasteiger partial charge < -0.3 is 10.1 Å². The van der Waals surface area contributed by atoms with Gasteiger partial charge in [-0.2, -0.15) is 5.10 Å². The van der Waals surface area contributed by atoms with E-state index in [9.17, 15) is 0 Å². The quantitative estimate of drug-likeness (QED) is 0.776. The second-order valence-corrected chi connectivity index (χ2v) is 5.17. The summed E-state index contributed by atoms with van der Waals surface area (Å²) in [4.78, 5) is 2.39. The van der Waals surface area contributed by atoms with Crippen LogP contribution < -0.4 is 10.1 Å². The second-order valence-electron chi connectivity index (χ2n) is 5.17. The maximum absolute atomic E-state index is 5.63. The third-order valence-corrected chi connectivity index (χ3v) is 2.98. The molecule has 0 aliphatic carbocycles. The predicted octanol–water partition coefficient (Wildman–Crippen LogP) is 1.69. The molecule has 0 aliphatic heterocycles. The van der Waals surface area contributed by atoms with Crippen LogP contribution in [0.15, 0.2) is 12.1 Å². The average Bonchev–Trinajstić information content (AvgIpc) is 2.36. The van der Waals surface area contributed by atoms with Crippen molar-refractivity contribution in [3.05, 3.63) is 17.8 Å². The minimum atomic E-state index is 0.521. The number of nitrogens with zero attached hydrogens (tertiary/aromatic N) is 3. The summed E-state index contributed by atoms with van der Waals surface area (Å²) in [6, 6.07) is 4.84. The second kappa shape index (κ2) is 8.07. The summed E-state index contributed by atoms with van der Waals surface area (Å²) in [5.41, 5.74) is 0.917. The summed E-state index contributed by atoms with van der Waals surface area (Å²) in [5, 5.41) is 11.2. The van der Waals surface area contributed by atoms with Crippen molar-refractivity contribution in [1.29, 1.82) is 0 Å². The van der Waals surface area contributed by atoms with E-state index in [0.29, 0.717) is 24.6 Å². The molecule has 1 aromatic rings. The Bertz CT molecular complexity index is 343. The van der Waals surface area contributed by atoms with Crippen LogP contribution in [0.3, 0.4) is 0 Å². The van der Waals surface area contributed by atoms with Crippen LogP contribution in [0, 0.1) is 0 Å². The van der Waals surface area contributed by atoms with Gasteiger partial charge in [-0.15, -0.1) is 5.10 Å². The Hall–Kier alpha value is -1.20. The molecule has 0 bridgehead atoms. The Balaban J connectivity index is 2.39. The minimum Gasteiger partial charge on any atom is -0.475 e. The maximum Gasteiger partial charge on any atom is 0.233 e. The van der Waals surface area contributed by atoms with Gasteiger partial charge in [0, 0.05) is 31.2 Å². The van der Waals surface area contributed by atoms with Gasteiger partial charge >= 0.3 is 0 Å². The van der Waals surface area contributed by atoms with Crippen molar-refractivity contribution >= 4 is 0 Å². The van der Waals surface area contributed by atoms with Crippen molar-refractivity contribution in [2.24, 2.45) is 0 Å². The van der Waals surface area contributed by atoms with Gasteiger partial charge in [-0.25, -0.2) is 0 Å². The first-order valence-electron chi connectivity index (χ1n) is 6.90. The van der Waals surface area contributed by atoms with Crippen molar-refractivity contribution in [2.45, 2.75) is 46.3 Å². The highest BCUT2D eigenvalue weighted by Crippen LogP contribution is 2.07. The van der Waals surface area contributed by atoms with Crippen LogP contribution in [0.5, 0.6) is 5.88 Å². The molecule has 1 N–H and O–H groups in total. The van der Waals surface area contributed by atoms with Crippen LogP contribution >= 0.6 is 0 Å². The van der Waals surface area contributed by atoms with Crippen molar-refractivity contribution < 1.29 is 4.74 Å². The number of hydrogen-bond acceptors (Lipinski definition) is 5. The van der Waals surface area contributed by atoms with Crippen LogP contribution in [-0.2, 0) is 6.54 Å². The van der Waals surface area contributed by atoms with Gasteiger partial charge in [-0.3, -0.25) is 4.90 Å². The van der Waals surface area contributed by atoms with Gasteiger partial charge in [0.2, 0.25) is 5.88 Å². The zero-order chi connectivity index (χ0) is 14.3. The largest absolute Gasteiger partial charge is 0.475 e. The Morgan fingerprint density at radius 3 is 2.32 bits per heavy atom. The summed E-state index contributed by atoms with van der Waals surface area (Å²) < 4.78 is 5.63. The van der Waals surface area contributed by atoms with Crippen LogP contribution in [0.4, 0.5) is 0 Å². The molecule has 5 nitrogen and oxygen atoms in total. The van der Waals surface area contributed by atoms with E-state index < -0.39 is 0 Å². The molecule has 0 amide bonds. The molecule has 0 radical (unpaired) electrons. The van der Waals surface area contributed by atoms with E-state index >= 15 is 0 Å². The summed E-state index contributed by atoms with van der Waals surface area (Å²) in [6.07, 6.45) is 0. The third kappa shape index (κ3) is 5.53. The van der Waals surface area contributed by atoms with Crippen molar-refractivity contribution in [1.82, 2.24) is 20.4 Å². The molecule has 108 valence electrons. The van der Waals surface area contributed by atoms with Gasteiger partial charge in [0.05, 0.1) is 5.69 Å². The lowest BCUT2D eigenvalue weighted by molar-refractivity contribution is 0.139. The molecule has 1 aromatic heterocycles. The first kappa shape index (κ1) is 15.9. The lowest BCUT2D eigenvalue weighted by atomic mass is 10.2. The molecule has 0 aromatic carbocycles. The zero-order valence-corrected chi connectivity index (χ0v) is 12.7. The van der Waals surface area contributed by atoms with Gasteiger partial charge in [-0.1, -0.05) is 0 Å². The topological polar surface area (TPSA) is 50.3 Å². The fourth-order valence-corrected chi connectivity index (χ4v) is 2.07. The minimum absolute atomic E-state index is 0.521. The highest BCUT2D eigenvalue weighted by atomic mass is 16.5. The number of ether oxygens (including phenoxy) is 1. The number of hydrogen-bond donors (Lipinski definition) is 1. The lowest BCUT2D eigenvalue weighted by Crippen LogP contribution is -2.39. The molecular formula is C14H26N4O. The molecule has 0 aliphatic rings. The van der Waals surface area contributed by atoms with Crippen LogP contribution in [0.2, 0.25) is 0 Å². The summed E-state index contributed by atoms with van der Waals surface area (Å²) >= 11 is 0. The molecule has 5 heteroatoms.